The van der Waals surface area contributed by atoms with E-state index in [2.05, 4.69) is 5.32 Å². The van der Waals surface area contributed by atoms with Crippen LogP contribution in [0.25, 0.3) is 0 Å². The second kappa shape index (κ2) is 7.22. The van der Waals surface area contributed by atoms with Gasteiger partial charge in [0.15, 0.2) is 0 Å². The summed E-state index contributed by atoms with van der Waals surface area (Å²) in [5.41, 5.74) is 0. The van der Waals surface area contributed by atoms with Gasteiger partial charge in [0.05, 0.1) is 12.2 Å². The van der Waals surface area contributed by atoms with Gasteiger partial charge in [-0.15, -0.1) is 0 Å². The molecule has 25 heavy (non-hydrogen) atoms. The Kier molecular flexibility index (Phi) is 4.82. The fraction of sp³-hybridized carbons (Fsp3) is 0.700. The van der Waals surface area contributed by atoms with Crippen LogP contribution >= 0.6 is 0 Å². The summed E-state index contributed by atoms with van der Waals surface area (Å²) in [7, 11) is 0. The first-order valence-corrected chi connectivity index (χ1v) is 9.85. The molecule has 3 aliphatic rings. The van der Waals surface area contributed by atoms with E-state index in [-0.39, 0.29) is 29.6 Å². The molecule has 0 bridgehead atoms. The molecule has 1 aromatic heterocycles. The molecule has 3 unspecified atom stereocenters. The number of nitrogens with zero attached hydrogens (tertiary/aromatic N) is 1. The van der Waals surface area contributed by atoms with Crippen molar-refractivity contribution in [3.63, 3.8) is 0 Å². The molecular weight excluding hydrogens is 316 g/mol. The second-order valence-electron chi connectivity index (χ2n) is 7.93. The van der Waals surface area contributed by atoms with E-state index in [1.165, 1.54) is 19.3 Å². The summed E-state index contributed by atoms with van der Waals surface area (Å²) in [4.78, 5) is 27.3. The predicted octanol–water partition coefficient (Wildman–Crippen LogP) is 3.07. The highest BCUT2D eigenvalue weighted by atomic mass is 16.3. The predicted molar refractivity (Wildman–Crippen MR) is 93.9 cm³/mol. The summed E-state index contributed by atoms with van der Waals surface area (Å²) in [5, 5.41) is 3.23. The molecule has 1 saturated heterocycles. The normalized spacial score (nSPS) is 30.1. The molecule has 0 radical (unpaired) electrons. The molecule has 2 saturated carbocycles. The molecule has 2 aliphatic carbocycles. The van der Waals surface area contributed by atoms with Crippen molar-refractivity contribution in [1.29, 1.82) is 0 Å². The molecule has 136 valence electrons. The molecule has 3 atom stereocenters. The van der Waals surface area contributed by atoms with Crippen LogP contribution in [0.5, 0.6) is 0 Å². The number of amides is 2. The van der Waals surface area contributed by atoms with E-state index in [1.54, 1.807) is 6.26 Å². The van der Waals surface area contributed by atoms with Crippen molar-refractivity contribution in [1.82, 2.24) is 10.2 Å². The standard InChI is InChI=1S/C20H28N2O3/c23-19(21-15-7-2-1-3-8-15)14-6-4-10-22(13-14)20(24)17-12-16(17)18-9-5-11-25-18/h5,9,11,14-17H,1-4,6-8,10,12-13H2,(H,21,23). The third-order valence-corrected chi connectivity index (χ3v) is 6.07. The van der Waals surface area contributed by atoms with E-state index in [9.17, 15) is 9.59 Å². The average Bonchev–Trinajstić information content (AvgIpc) is 3.26. The van der Waals surface area contributed by atoms with Gasteiger partial charge in [0.2, 0.25) is 11.8 Å². The van der Waals surface area contributed by atoms with Gasteiger partial charge < -0.3 is 14.6 Å². The summed E-state index contributed by atoms with van der Waals surface area (Å²) in [6, 6.07) is 4.18. The summed E-state index contributed by atoms with van der Waals surface area (Å²) in [6.07, 6.45) is 10.3. The number of hydrogen-bond acceptors (Lipinski definition) is 3. The Morgan fingerprint density at radius 3 is 2.72 bits per heavy atom. The number of rotatable bonds is 4. The summed E-state index contributed by atoms with van der Waals surface area (Å²) < 4.78 is 5.43. The van der Waals surface area contributed by atoms with Crippen molar-refractivity contribution in [3.05, 3.63) is 24.2 Å². The molecule has 1 aromatic rings. The Balaban J connectivity index is 1.30. The zero-order valence-corrected chi connectivity index (χ0v) is 14.8. The number of furan rings is 1. The molecule has 2 heterocycles. The molecule has 1 N–H and O–H groups in total. The number of hydrogen-bond donors (Lipinski definition) is 1. The first kappa shape index (κ1) is 16.7. The zero-order valence-electron chi connectivity index (χ0n) is 14.8. The van der Waals surface area contributed by atoms with E-state index < -0.39 is 0 Å². The first-order chi connectivity index (χ1) is 12.2. The Bertz CT molecular complexity index is 606. The lowest BCUT2D eigenvalue weighted by molar-refractivity contribution is -0.137. The van der Waals surface area contributed by atoms with Gasteiger partial charge in [-0.1, -0.05) is 19.3 Å². The molecule has 0 spiro atoms. The number of likely N-dealkylation sites (tertiary alicyclic amines) is 1. The van der Waals surface area contributed by atoms with Gasteiger partial charge in [-0.25, -0.2) is 0 Å². The molecule has 5 heteroatoms. The van der Waals surface area contributed by atoms with Crippen LogP contribution in [0.1, 0.15) is 63.0 Å². The molecule has 2 amide bonds. The maximum absolute atomic E-state index is 12.8. The summed E-state index contributed by atoms with van der Waals surface area (Å²) >= 11 is 0. The monoisotopic (exact) mass is 344 g/mol. The van der Waals surface area contributed by atoms with Gasteiger partial charge in [0.25, 0.3) is 0 Å². The number of carbonyl (C=O) groups excluding carboxylic acids is 2. The van der Waals surface area contributed by atoms with Crippen LogP contribution in [0, 0.1) is 11.8 Å². The van der Waals surface area contributed by atoms with Crippen LogP contribution in [-0.4, -0.2) is 35.8 Å². The average molecular weight is 344 g/mol. The molecule has 1 aliphatic heterocycles. The minimum Gasteiger partial charge on any atom is -0.469 e. The fourth-order valence-electron chi connectivity index (χ4n) is 4.48. The van der Waals surface area contributed by atoms with Crippen molar-refractivity contribution in [2.75, 3.05) is 13.1 Å². The first-order valence-electron chi connectivity index (χ1n) is 9.85. The van der Waals surface area contributed by atoms with Crippen LogP contribution < -0.4 is 5.32 Å². The fourth-order valence-corrected chi connectivity index (χ4v) is 4.48. The van der Waals surface area contributed by atoms with E-state index in [4.69, 9.17) is 4.42 Å². The third kappa shape index (κ3) is 3.75. The maximum atomic E-state index is 12.8. The molecule has 4 rings (SSSR count). The Morgan fingerprint density at radius 1 is 1.12 bits per heavy atom. The minimum absolute atomic E-state index is 0.0413. The van der Waals surface area contributed by atoms with Gasteiger partial charge in [0, 0.05) is 31.0 Å². The largest absolute Gasteiger partial charge is 0.469 e. The van der Waals surface area contributed by atoms with E-state index in [1.807, 2.05) is 17.0 Å². The highest BCUT2D eigenvalue weighted by Crippen LogP contribution is 2.48. The smallest absolute Gasteiger partial charge is 0.226 e. The lowest BCUT2D eigenvalue weighted by atomic mass is 9.93. The van der Waals surface area contributed by atoms with Crippen molar-refractivity contribution in [2.24, 2.45) is 11.8 Å². The van der Waals surface area contributed by atoms with Gasteiger partial charge in [-0.3, -0.25) is 9.59 Å². The van der Waals surface area contributed by atoms with Crippen LogP contribution in [0.2, 0.25) is 0 Å². The lowest BCUT2D eigenvalue weighted by Gasteiger charge is -2.33. The van der Waals surface area contributed by atoms with Crippen LogP contribution in [0.4, 0.5) is 0 Å². The van der Waals surface area contributed by atoms with Crippen molar-refractivity contribution in [3.8, 4) is 0 Å². The highest BCUT2D eigenvalue weighted by molar-refractivity contribution is 5.84. The summed E-state index contributed by atoms with van der Waals surface area (Å²) in [6.45, 7) is 1.37. The van der Waals surface area contributed by atoms with E-state index >= 15 is 0 Å². The topological polar surface area (TPSA) is 62.6 Å². The third-order valence-electron chi connectivity index (χ3n) is 6.07. The minimum atomic E-state index is -0.0413. The molecule has 5 nitrogen and oxygen atoms in total. The van der Waals surface area contributed by atoms with Gasteiger partial charge in [-0.2, -0.15) is 0 Å². The molecule has 0 aromatic carbocycles. The molecule has 3 fully saturated rings. The van der Waals surface area contributed by atoms with E-state index in [0.717, 1.165) is 44.4 Å². The zero-order chi connectivity index (χ0) is 17.2. The van der Waals surface area contributed by atoms with Crippen LogP contribution in [0.15, 0.2) is 22.8 Å². The SMILES string of the molecule is O=C(NC1CCCCC1)C1CCCN(C(=O)C2CC2c2ccco2)C1. The van der Waals surface area contributed by atoms with Crippen LogP contribution in [-0.2, 0) is 9.59 Å². The number of nitrogens with one attached hydrogen (secondary N) is 1. The molecular formula is C20H28N2O3. The van der Waals surface area contributed by atoms with Crippen molar-refractivity contribution < 1.29 is 14.0 Å². The Morgan fingerprint density at radius 2 is 1.96 bits per heavy atom. The van der Waals surface area contributed by atoms with Crippen molar-refractivity contribution >= 4 is 11.8 Å². The van der Waals surface area contributed by atoms with E-state index in [0.29, 0.717) is 12.6 Å². The maximum Gasteiger partial charge on any atom is 0.226 e. The quantitative estimate of drug-likeness (QED) is 0.913. The van der Waals surface area contributed by atoms with Gasteiger partial charge >= 0.3 is 0 Å². The van der Waals surface area contributed by atoms with Crippen LogP contribution in [0.3, 0.4) is 0 Å². The lowest BCUT2D eigenvalue weighted by Crippen LogP contribution is -2.48. The van der Waals surface area contributed by atoms with Crippen molar-refractivity contribution in [2.45, 2.75) is 63.3 Å². The Hall–Kier alpha value is -1.78. The number of piperidine rings is 1. The Labute approximate surface area is 149 Å². The van der Waals surface area contributed by atoms with Gasteiger partial charge in [-0.05, 0) is 44.2 Å². The number of carbonyl (C=O) groups is 2. The highest BCUT2D eigenvalue weighted by Gasteiger charge is 2.48. The second-order valence-corrected chi connectivity index (χ2v) is 7.93. The van der Waals surface area contributed by atoms with Gasteiger partial charge in [0.1, 0.15) is 5.76 Å². The summed E-state index contributed by atoms with van der Waals surface area (Å²) in [5.74, 6) is 1.52.